The molecule has 1 amide bonds. The van der Waals surface area contributed by atoms with Crippen molar-refractivity contribution in [1.29, 1.82) is 0 Å². The summed E-state index contributed by atoms with van der Waals surface area (Å²) in [5, 5.41) is 12.3. The fourth-order valence-corrected chi connectivity index (χ4v) is 4.21. The fraction of sp³-hybridized carbons (Fsp3) is 0.185. The zero-order chi connectivity index (χ0) is 24.8. The maximum absolute atomic E-state index is 13.7. The predicted molar refractivity (Wildman–Crippen MR) is 132 cm³/mol. The van der Waals surface area contributed by atoms with Gasteiger partial charge in [0.1, 0.15) is 17.4 Å². The Morgan fingerprint density at radius 1 is 1.11 bits per heavy atom. The summed E-state index contributed by atoms with van der Waals surface area (Å²) in [6, 6.07) is 17.0. The van der Waals surface area contributed by atoms with Gasteiger partial charge in [-0.05, 0) is 74.4 Å². The summed E-state index contributed by atoms with van der Waals surface area (Å²) in [4.78, 5) is 18.2. The second-order valence-electron chi connectivity index (χ2n) is 8.80. The predicted octanol–water partition coefficient (Wildman–Crippen LogP) is 5.66. The van der Waals surface area contributed by atoms with Crippen LogP contribution in [0.25, 0.3) is 28.0 Å². The molecule has 0 unspecified atom stereocenters. The van der Waals surface area contributed by atoms with E-state index in [0.29, 0.717) is 45.5 Å². The van der Waals surface area contributed by atoms with Crippen molar-refractivity contribution >= 4 is 22.8 Å². The van der Waals surface area contributed by atoms with Gasteiger partial charge in [-0.1, -0.05) is 5.16 Å². The van der Waals surface area contributed by atoms with E-state index in [2.05, 4.69) is 15.5 Å². The Kier molecular flexibility index (Phi) is 5.25. The summed E-state index contributed by atoms with van der Waals surface area (Å²) in [5.41, 5.74) is 4.13. The van der Waals surface area contributed by atoms with Gasteiger partial charge in [-0.15, -0.1) is 0 Å². The third kappa shape index (κ3) is 3.98. The number of aryl methyl sites for hydroxylation is 1. The van der Waals surface area contributed by atoms with E-state index in [1.807, 2.05) is 30.3 Å². The third-order valence-electron chi connectivity index (χ3n) is 6.28. The van der Waals surface area contributed by atoms with E-state index in [1.54, 1.807) is 36.9 Å². The Labute approximate surface area is 205 Å². The van der Waals surface area contributed by atoms with E-state index in [4.69, 9.17) is 14.4 Å². The molecule has 2 aromatic carbocycles. The molecule has 0 atom stereocenters. The number of aromatic nitrogens is 4. The first-order valence-electron chi connectivity index (χ1n) is 11.6. The van der Waals surface area contributed by atoms with Crippen LogP contribution in [-0.4, -0.2) is 32.9 Å². The number of halogens is 1. The van der Waals surface area contributed by atoms with Crippen molar-refractivity contribution in [1.82, 2.24) is 19.9 Å². The summed E-state index contributed by atoms with van der Waals surface area (Å²) in [5.74, 6) is 0.894. The molecule has 0 radical (unpaired) electrons. The van der Waals surface area contributed by atoms with Crippen LogP contribution in [0.2, 0.25) is 0 Å². The van der Waals surface area contributed by atoms with Crippen LogP contribution in [0.1, 0.15) is 40.5 Å². The molecule has 1 N–H and O–H groups in total. The minimum Gasteiger partial charge on any atom is -0.497 e. The molecule has 0 bridgehead atoms. The Bertz CT molecular complexity index is 1580. The lowest BCUT2D eigenvalue weighted by Crippen LogP contribution is -2.16. The van der Waals surface area contributed by atoms with Crippen molar-refractivity contribution in [3.63, 3.8) is 0 Å². The second kappa shape index (κ2) is 8.60. The number of pyridine rings is 1. The van der Waals surface area contributed by atoms with Gasteiger partial charge in [0.15, 0.2) is 0 Å². The highest BCUT2D eigenvalue weighted by Crippen LogP contribution is 2.40. The molecule has 0 spiro atoms. The third-order valence-corrected chi connectivity index (χ3v) is 6.28. The first kappa shape index (κ1) is 22.0. The number of nitrogens with one attached hydrogen (secondary N) is 1. The molecule has 5 aromatic rings. The van der Waals surface area contributed by atoms with Gasteiger partial charge in [0.05, 0.1) is 40.8 Å². The van der Waals surface area contributed by atoms with Gasteiger partial charge in [0.25, 0.3) is 11.6 Å². The van der Waals surface area contributed by atoms with Crippen LogP contribution in [0, 0.1) is 12.7 Å². The van der Waals surface area contributed by atoms with Gasteiger partial charge in [-0.25, -0.2) is 14.1 Å². The van der Waals surface area contributed by atoms with E-state index in [9.17, 15) is 9.18 Å². The number of methoxy groups -OCH3 is 1. The SMILES string of the molecule is COc1ccc(-c2cc(C(=O)Nc3cc(C4CC4)nn3-c3ccc(F)cc3)c3c(C)noc3n2)cc1. The average molecular weight is 484 g/mol. The van der Waals surface area contributed by atoms with Crippen molar-refractivity contribution in [2.75, 3.05) is 12.4 Å². The van der Waals surface area contributed by atoms with Crippen LogP contribution in [-0.2, 0) is 0 Å². The van der Waals surface area contributed by atoms with Gasteiger partial charge in [0.2, 0.25) is 0 Å². The molecule has 9 heteroatoms. The van der Waals surface area contributed by atoms with Crippen LogP contribution in [0.4, 0.5) is 10.2 Å². The van der Waals surface area contributed by atoms with Crippen LogP contribution in [0.15, 0.2) is 65.2 Å². The first-order chi connectivity index (χ1) is 17.5. The Morgan fingerprint density at radius 2 is 1.86 bits per heavy atom. The van der Waals surface area contributed by atoms with E-state index in [0.717, 1.165) is 24.1 Å². The number of ether oxygens (including phenoxy) is 1. The lowest BCUT2D eigenvalue weighted by atomic mass is 10.0. The number of nitrogens with zero attached hydrogens (tertiary/aromatic N) is 4. The van der Waals surface area contributed by atoms with E-state index in [1.165, 1.54) is 12.1 Å². The van der Waals surface area contributed by atoms with Gasteiger partial charge < -0.3 is 14.6 Å². The van der Waals surface area contributed by atoms with Gasteiger partial charge >= 0.3 is 0 Å². The van der Waals surface area contributed by atoms with E-state index >= 15 is 0 Å². The number of fused-ring (bicyclic) bond motifs is 1. The highest BCUT2D eigenvalue weighted by Gasteiger charge is 2.28. The quantitative estimate of drug-likeness (QED) is 0.335. The molecule has 3 aromatic heterocycles. The Hall–Kier alpha value is -4.53. The second-order valence-corrected chi connectivity index (χ2v) is 8.80. The summed E-state index contributed by atoms with van der Waals surface area (Å²) in [7, 11) is 1.60. The minimum atomic E-state index is -0.353. The summed E-state index contributed by atoms with van der Waals surface area (Å²) < 4.78 is 25.8. The van der Waals surface area contributed by atoms with Gasteiger partial charge in [-0.3, -0.25) is 4.79 Å². The fourth-order valence-electron chi connectivity index (χ4n) is 4.21. The van der Waals surface area contributed by atoms with Crippen molar-refractivity contribution < 1.29 is 18.4 Å². The highest BCUT2D eigenvalue weighted by atomic mass is 19.1. The Balaban J connectivity index is 1.41. The number of rotatable bonds is 6. The van der Waals surface area contributed by atoms with Crippen molar-refractivity contribution in [3.05, 3.63) is 83.4 Å². The molecule has 3 heterocycles. The summed E-state index contributed by atoms with van der Waals surface area (Å²) in [6.07, 6.45) is 2.12. The molecule has 36 heavy (non-hydrogen) atoms. The summed E-state index contributed by atoms with van der Waals surface area (Å²) in [6.45, 7) is 1.77. The van der Waals surface area contributed by atoms with Crippen LogP contribution in [0.3, 0.4) is 0 Å². The number of carbonyl (C=O) groups is 1. The minimum absolute atomic E-state index is 0.275. The molecule has 0 aliphatic heterocycles. The van der Waals surface area contributed by atoms with E-state index in [-0.39, 0.29) is 17.4 Å². The zero-order valence-corrected chi connectivity index (χ0v) is 19.7. The number of hydrogen-bond donors (Lipinski definition) is 1. The molecular weight excluding hydrogens is 461 g/mol. The Morgan fingerprint density at radius 3 is 2.56 bits per heavy atom. The van der Waals surface area contributed by atoms with Crippen LogP contribution in [0.5, 0.6) is 5.75 Å². The normalized spacial score (nSPS) is 13.2. The molecule has 1 saturated carbocycles. The molecule has 1 aliphatic carbocycles. The summed E-state index contributed by atoms with van der Waals surface area (Å²) >= 11 is 0. The largest absolute Gasteiger partial charge is 0.497 e. The lowest BCUT2D eigenvalue weighted by molar-refractivity contribution is 0.102. The highest BCUT2D eigenvalue weighted by molar-refractivity contribution is 6.12. The van der Waals surface area contributed by atoms with Crippen LogP contribution >= 0.6 is 0 Å². The van der Waals surface area contributed by atoms with Gasteiger partial charge in [0, 0.05) is 17.5 Å². The average Bonchev–Trinajstić information content (AvgIpc) is 3.57. The molecule has 180 valence electrons. The van der Waals surface area contributed by atoms with Crippen LogP contribution < -0.4 is 10.1 Å². The number of amides is 1. The topological polar surface area (TPSA) is 95.1 Å². The molecule has 8 nitrogen and oxygen atoms in total. The molecule has 0 saturated heterocycles. The maximum atomic E-state index is 13.7. The maximum Gasteiger partial charge on any atom is 0.259 e. The van der Waals surface area contributed by atoms with Crippen molar-refractivity contribution in [2.45, 2.75) is 25.7 Å². The number of benzene rings is 2. The number of hydrogen-bond acceptors (Lipinski definition) is 6. The van der Waals surface area contributed by atoms with Crippen molar-refractivity contribution in [2.24, 2.45) is 0 Å². The lowest BCUT2D eigenvalue weighted by Gasteiger charge is -2.11. The molecule has 6 rings (SSSR count). The van der Waals surface area contributed by atoms with Crippen molar-refractivity contribution in [3.8, 4) is 22.7 Å². The zero-order valence-electron chi connectivity index (χ0n) is 19.7. The standard InChI is InChI=1S/C27H22FN5O3/c1-15-25-21(13-22(29-27(25)36-32-15)16-5-11-20(35-2)12-6-16)26(34)30-24-14-23(17-3-4-17)31-33(24)19-9-7-18(28)8-10-19/h5-14,17H,3-4H2,1-2H3,(H,30,34). The van der Waals surface area contributed by atoms with E-state index < -0.39 is 0 Å². The molecule has 1 fully saturated rings. The molecular formula is C27H22FN5O3. The first-order valence-corrected chi connectivity index (χ1v) is 11.6. The number of anilines is 1. The monoisotopic (exact) mass is 483 g/mol. The van der Waals surface area contributed by atoms with Gasteiger partial charge in [-0.2, -0.15) is 5.10 Å². The number of carbonyl (C=O) groups excluding carboxylic acids is 1. The smallest absolute Gasteiger partial charge is 0.259 e. The molecule has 1 aliphatic rings.